The molecule has 2 aliphatic heterocycles. The first-order valence-corrected chi connectivity index (χ1v) is 12.8. The van der Waals surface area contributed by atoms with Crippen molar-refractivity contribution in [2.45, 2.75) is 33.4 Å². The van der Waals surface area contributed by atoms with Gasteiger partial charge in [-0.2, -0.15) is 0 Å². The van der Waals surface area contributed by atoms with Crippen LogP contribution in [0.2, 0.25) is 0 Å². The van der Waals surface area contributed by atoms with Crippen molar-refractivity contribution in [1.29, 1.82) is 0 Å². The summed E-state index contributed by atoms with van der Waals surface area (Å²) in [7, 11) is 0. The second-order valence-corrected chi connectivity index (χ2v) is 9.54. The first-order valence-electron chi connectivity index (χ1n) is 10.8. The van der Waals surface area contributed by atoms with Crippen molar-refractivity contribution in [3.63, 3.8) is 0 Å². The Kier molecular flexibility index (Phi) is 7.82. The van der Waals surface area contributed by atoms with Crippen LogP contribution in [0.1, 0.15) is 37.9 Å². The van der Waals surface area contributed by atoms with Crippen LogP contribution in [0.15, 0.2) is 64.3 Å². The second-order valence-electron chi connectivity index (χ2n) is 7.50. The van der Waals surface area contributed by atoms with Crippen molar-refractivity contribution >= 4 is 45.5 Å². The monoisotopic (exact) mass is 594 g/mol. The molecule has 2 aliphatic rings. The van der Waals surface area contributed by atoms with Gasteiger partial charge in [-0.3, -0.25) is 0 Å². The Morgan fingerprint density at radius 2 is 1.94 bits per heavy atom. The number of carbonyl (C=O) groups excluding carboxylic acids is 1. The van der Waals surface area contributed by atoms with Crippen LogP contribution in [0, 0.1) is 9.39 Å². The third-order valence-corrected chi connectivity index (χ3v) is 6.83. The number of rotatable bonds is 8. The Morgan fingerprint density at radius 3 is 2.65 bits per heavy atom. The Morgan fingerprint density at radius 1 is 1.18 bits per heavy atom. The molecule has 4 rings (SSSR count). The summed E-state index contributed by atoms with van der Waals surface area (Å²) in [5, 5.41) is 2.75. The van der Waals surface area contributed by atoms with Crippen LogP contribution in [0.3, 0.4) is 0 Å². The number of carbonyl (C=O) groups is 1. The van der Waals surface area contributed by atoms with Gasteiger partial charge in [-0.1, -0.05) is 23.9 Å². The Hall–Kier alpha value is -2.53. The van der Waals surface area contributed by atoms with E-state index in [4.69, 9.17) is 14.2 Å². The van der Waals surface area contributed by atoms with Crippen LogP contribution < -0.4 is 9.47 Å². The van der Waals surface area contributed by atoms with Crippen molar-refractivity contribution in [2.75, 3.05) is 13.2 Å². The van der Waals surface area contributed by atoms with Crippen LogP contribution in [0.5, 0.6) is 11.5 Å². The molecule has 0 radical (unpaired) electrons. The number of esters is 1. The minimum atomic E-state index is -0.406. The molecule has 0 aliphatic carbocycles. The molecule has 0 saturated heterocycles. The SMILES string of the molecule is CCOC(=O)C1=C(C)N=C2SC=CN2[C@@H]1c1cc(I)c(OCc2ccc(F)cc2)c(OCC)c1. The third kappa shape index (κ3) is 5.10. The van der Waals surface area contributed by atoms with E-state index in [9.17, 15) is 9.18 Å². The van der Waals surface area contributed by atoms with Gasteiger partial charge in [-0.05, 0) is 84.2 Å². The molecule has 0 amide bonds. The van der Waals surface area contributed by atoms with E-state index < -0.39 is 6.04 Å². The number of nitrogens with zero attached hydrogens (tertiary/aromatic N) is 2. The van der Waals surface area contributed by atoms with Crippen LogP contribution in [-0.2, 0) is 16.1 Å². The summed E-state index contributed by atoms with van der Waals surface area (Å²) in [5.41, 5.74) is 2.84. The number of halogens is 2. The Bertz CT molecular complexity index is 1180. The lowest BCUT2D eigenvalue weighted by Gasteiger charge is -2.33. The maximum Gasteiger partial charge on any atom is 0.338 e. The lowest BCUT2D eigenvalue weighted by Crippen LogP contribution is -2.34. The van der Waals surface area contributed by atoms with E-state index in [1.54, 1.807) is 19.1 Å². The Balaban J connectivity index is 1.72. The van der Waals surface area contributed by atoms with E-state index in [2.05, 4.69) is 27.6 Å². The molecule has 0 spiro atoms. The van der Waals surface area contributed by atoms with Crippen molar-refractivity contribution in [3.8, 4) is 11.5 Å². The smallest absolute Gasteiger partial charge is 0.338 e. The summed E-state index contributed by atoms with van der Waals surface area (Å²) in [5.74, 6) is 0.503. The minimum absolute atomic E-state index is 0.272. The van der Waals surface area contributed by atoms with E-state index in [0.29, 0.717) is 29.4 Å². The second kappa shape index (κ2) is 10.8. The van der Waals surface area contributed by atoms with Gasteiger partial charge in [0.1, 0.15) is 12.4 Å². The minimum Gasteiger partial charge on any atom is -0.490 e. The molecular formula is C25H24FIN2O4S. The van der Waals surface area contributed by atoms with Crippen LogP contribution in [0.25, 0.3) is 0 Å². The highest BCUT2D eigenvalue weighted by Gasteiger charge is 2.38. The molecule has 6 nitrogen and oxygen atoms in total. The van der Waals surface area contributed by atoms with E-state index in [1.165, 1.54) is 23.9 Å². The number of amidine groups is 1. The zero-order valence-electron chi connectivity index (χ0n) is 19.0. The predicted octanol–water partition coefficient (Wildman–Crippen LogP) is 6.18. The number of aliphatic imine (C=N–C) groups is 1. The van der Waals surface area contributed by atoms with Crippen molar-refractivity contribution < 1.29 is 23.4 Å². The average molecular weight is 594 g/mol. The molecular weight excluding hydrogens is 570 g/mol. The highest BCUT2D eigenvalue weighted by molar-refractivity contribution is 14.1. The standard InChI is InChI=1S/C25H24FIN2O4S/c1-4-31-20-13-17(12-19(27)23(20)33-14-16-6-8-18(26)9-7-16)22-21(24(30)32-5-2)15(3)28-25-29(22)10-11-34-25/h6-13,22H,4-5,14H2,1-3H3/t22-/m1/s1. The highest BCUT2D eigenvalue weighted by Crippen LogP contribution is 2.44. The molecule has 0 aromatic heterocycles. The fourth-order valence-electron chi connectivity index (χ4n) is 3.78. The topological polar surface area (TPSA) is 60.4 Å². The molecule has 0 unspecified atom stereocenters. The molecule has 0 fully saturated rings. The molecule has 2 aromatic carbocycles. The molecule has 0 bridgehead atoms. The largest absolute Gasteiger partial charge is 0.490 e. The van der Waals surface area contributed by atoms with E-state index >= 15 is 0 Å². The quantitative estimate of drug-likeness (QED) is 0.269. The number of allylic oxidation sites excluding steroid dienone is 1. The Labute approximate surface area is 216 Å². The van der Waals surface area contributed by atoms with Crippen LogP contribution in [-0.4, -0.2) is 29.3 Å². The van der Waals surface area contributed by atoms with Gasteiger partial charge in [0.2, 0.25) is 0 Å². The number of hydrogen-bond donors (Lipinski definition) is 0. The third-order valence-electron chi connectivity index (χ3n) is 5.26. The van der Waals surface area contributed by atoms with Crippen LogP contribution >= 0.6 is 34.4 Å². The van der Waals surface area contributed by atoms with Crippen molar-refractivity contribution in [3.05, 3.63) is 79.8 Å². The summed E-state index contributed by atoms with van der Waals surface area (Å²) < 4.78 is 31.5. The molecule has 9 heteroatoms. The molecule has 178 valence electrons. The van der Waals surface area contributed by atoms with Gasteiger partial charge in [0.05, 0.1) is 34.1 Å². The van der Waals surface area contributed by atoms with Gasteiger partial charge in [0, 0.05) is 6.20 Å². The van der Waals surface area contributed by atoms with E-state index in [1.807, 2.05) is 42.5 Å². The fraction of sp³-hybridized carbons (Fsp3) is 0.280. The summed E-state index contributed by atoms with van der Waals surface area (Å²) in [4.78, 5) is 19.5. The summed E-state index contributed by atoms with van der Waals surface area (Å²) >= 11 is 3.72. The number of fused-ring (bicyclic) bond motifs is 1. The van der Waals surface area contributed by atoms with Gasteiger partial charge < -0.3 is 19.1 Å². The maximum absolute atomic E-state index is 13.2. The molecule has 0 saturated carbocycles. The molecule has 34 heavy (non-hydrogen) atoms. The maximum atomic E-state index is 13.2. The van der Waals surface area contributed by atoms with Crippen molar-refractivity contribution in [1.82, 2.24) is 4.90 Å². The lowest BCUT2D eigenvalue weighted by atomic mass is 9.94. The average Bonchev–Trinajstić information content (AvgIpc) is 3.27. The molecule has 0 N–H and O–H groups in total. The van der Waals surface area contributed by atoms with Gasteiger partial charge in [-0.15, -0.1) is 0 Å². The molecule has 1 atom stereocenters. The molecule has 2 aromatic rings. The highest BCUT2D eigenvalue weighted by atomic mass is 127. The van der Waals surface area contributed by atoms with E-state index in [-0.39, 0.29) is 25.0 Å². The van der Waals surface area contributed by atoms with Gasteiger partial charge in [0.15, 0.2) is 16.7 Å². The lowest BCUT2D eigenvalue weighted by molar-refractivity contribution is -0.139. The zero-order chi connectivity index (χ0) is 24.2. The number of hydrogen-bond acceptors (Lipinski definition) is 7. The summed E-state index contributed by atoms with van der Waals surface area (Å²) in [6.45, 7) is 6.52. The first-order chi connectivity index (χ1) is 16.4. The fourth-order valence-corrected chi connectivity index (χ4v) is 5.36. The summed E-state index contributed by atoms with van der Waals surface area (Å²) in [6.07, 6.45) is 1.92. The number of ether oxygens (including phenoxy) is 3. The van der Waals surface area contributed by atoms with Crippen LogP contribution in [0.4, 0.5) is 4.39 Å². The van der Waals surface area contributed by atoms with Crippen molar-refractivity contribution in [2.24, 2.45) is 4.99 Å². The van der Waals surface area contributed by atoms with Gasteiger partial charge in [-0.25, -0.2) is 14.2 Å². The van der Waals surface area contributed by atoms with Gasteiger partial charge in [0.25, 0.3) is 0 Å². The number of benzene rings is 2. The zero-order valence-corrected chi connectivity index (χ0v) is 22.0. The number of thioether (sulfide) groups is 1. The summed E-state index contributed by atoms with van der Waals surface area (Å²) in [6, 6.07) is 9.68. The molecule has 2 heterocycles. The first kappa shape index (κ1) is 24.6. The normalized spacial score (nSPS) is 16.9. The van der Waals surface area contributed by atoms with E-state index in [0.717, 1.165) is 19.9 Å². The van der Waals surface area contributed by atoms with Gasteiger partial charge >= 0.3 is 5.97 Å². The predicted molar refractivity (Wildman–Crippen MR) is 139 cm³/mol.